The molecule has 74 valence electrons. The summed E-state index contributed by atoms with van der Waals surface area (Å²) in [6.45, 7) is 3.52. The Morgan fingerprint density at radius 1 is 1.43 bits per heavy atom. The fourth-order valence-electron chi connectivity index (χ4n) is 0.819. The van der Waals surface area contributed by atoms with E-state index in [1.54, 1.807) is 19.9 Å². The van der Waals surface area contributed by atoms with Crippen molar-refractivity contribution in [1.29, 1.82) is 0 Å². The summed E-state index contributed by atoms with van der Waals surface area (Å²) in [5, 5.41) is 0.361. The van der Waals surface area contributed by atoms with Gasteiger partial charge in [0, 0.05) is 5.02 Å². The fourth-order valence-corrected chi connectivity index (χ4v) is 0.978. The first-order chi connectivity index (χ1) is 6.38. The Labute approximate surface area is 88.1 Å². The van der Waals surface area contributed by atoms with Crippen LogP contribution >= 0.6 is 11.6 Å². The highest BCUT2D eigenvalue weighted by Gasteiger charge is 2.05. The summed E-state index contributed by atoms with van der Waals surface area (Å²) < 4.78 is 13.2. The van der Waals surface area contributed by atoms with E-state index in [9.17, 15) is 4.39 Å². The zero-order chi connectivity index (χ0) is 10.8. The van der Waals surface area contributed by atoms with Crippen molar-refractivity contribution in [2.75, 3.05) is 0 Å². The van der Waals surface area contributed by atoms with Crippen LogP contribution in [-0.4, -0.2) is 5.54 Å². The molecular formula is C11H11ClFN. The zero-order valence-corrected chi connectivity index (χ0v) is 8.82. The van der Waals surface area contributed by atoms with Gasteiger partial charge in [-0.3, -0.25) is 0 Å². The lowest BCUT2D eigenvalue weighted by Crippen LogP contribution is -2.29. The van der Waals surface area contributed by atoms with E-state index in [1.807, 2.05) is 0 Å². The molecule has 0 spiro atoms. The molecule has 0 radical (unpaired) electrons. The second-order valence-corrected chi connectivity index (χ2v) is 4.03. The molecule has 0 atom stereocenters. The van der Waals surface area contributed by atoms with Gasteiger partial charge in [0.25, 0.3) is 0 Å². The highest BCUT2D eigenvalue weighted by atomic mass is 35.5. The van der Waals surface area contributed by atoms with Gasteiger partial charge in [-0.25, -0.2) is 4.39 Å². The second kappa shape index (κ2) is 4.00. The normalized spacial score (nSPS) is 10.6. The molecule has 0 heterocycles. The SMILES string of the molecule is CC(C)(N)C#Cc1ccc(Cl)cc1F. The molecule has 0 aliphatic heterocycles. The molecule has 0 amide bonds. The first kappa shape index (κ1) is 11.0. The number of halogens is 2. The minimum absolute atomic E-state index is 0.313. The van der Waals surface area contributed by atoms with Gasteiger partial charge >= 0.3 is 0 Å². The number of benzene rings is 1. The van der Waals surface area contributed by atoms with Crippen LogP contribution in [0.25, 0.3) is 0 Å². The smallest absolute Gasteiger partial charge is 0.140 e. The molecule has 0 unspecified atom stereocenters. The molecule has 0 aliphatic carbocycles. The molecule has 1 aromatic rings. The molecule has 2 N–H and O–H groups in total. The molecule has 0 saturated carbocycles. The molecule has 0 aliphatic rings. The van der Waals surface area contributed by atoms with E-state index in [0.29, 0.717) is 10.6 Å². The van der Waals surface area contributed by atoms with E-state index >= 15 is 0 Å². The van der Waals surface area contributed by atoms with E-state index in [0.717, 1.165) is 0 Å². The maximum absolute atomic E-state index is 13.2. The topological polar surface area (TPSA) is 26.0 Å². The fraction of sp³-hybridized carbons (Fsp3) is 0.273. The van der Waals surface area contributed by atoms with Crippen molar-refractivity contribution < 1.29 is 4.39 Å². The van der Waals surface area contributed by atoms with Crippen molar-refractivity contribution in [3.63, 3.8) is 0 Å². The number of rotatable bonds is 0. The lowest BCUT2D eigenvalue weighted by Gasteiger charge is -2.07. The van der Waals surface area contributed by atoms with Gasteiger partial charge in [-0.15, -0.1) is 0 Å². The average molecular weight is 212 g/mol. The van der Waals surface area contributed by atoms with Gasteiger partial charge < -0.3 is 5.73 Å². The maximum Gasteiger partial charge on any atom is 0.140 e. The van der Waals surface area contributed by atoms with Crippen LogP contribution in [0.2, 0.25) is 5.02 Å². The minimum Gasteiger partial charge on any atom is -0.316 e. The van der Waals surface area contributed by atoms with Gasteiger partial charge in [-0.2, -0.15) is 0 Å². The Kier molecular flexibility index (Phi) is 3.15. The van der Waals surface area contributed by atoms with Gasteiger partial charge in [-0.05, 0) is 32.0 Å². The van der Waals surface area contributed by atoms with Gasteiger partial charge in [0.05, 0.1) is 11.1 Å². The Hall–Kier alpha value is -1.04. The van der Waals surface area contributed by atoms with Crippen LogP contribution in [0.5, 0.6) is 0 Å². The zero-order valence-electron chi connectivity index (χ0n) is 8.07. The van der Waals surface area contributed by atoms with E-state index in [-0.39, 0.29) is 0 Å². The summed E-state index contributed by atoms with van der Waals surface area (Å²) in [7, 11) is 0. The molecule has 0 saturated heterocycles. The molecular weight excluding hydrogens is 201 g/mol. The average Bonchev–Trinajstić information content (AvgIpc) is 2.00. The van der Waals surface area contributed by atoms with Gasteiger partial charge in [0.2, 0.25) is 0 Å². The quantitative estimate of drug-likeness (QED) is 0.656. The van der Waals surface area contributed by atoms with Crippen LogP contribution in [0.1, 0.15) is 19.4 Å². The van der Waals surface area contributed by atoms with Crippen molar-refractivity contribution in [2.45, 2.75) is 19.4 Å². The summed E-state index contributed by atoms with van der Waals surface area (Å²) in [6.07, 6.45) is 0. The van der Waals surface area contributed by atoms with Crippen molar-refractivity contribution in [1.82, 2.24) is 0 Å². The predicted octanol–water partition coefficient (Wildman–Crippen LogP) is 2.57. The third-order valence-corrected chi connectivity index (χ3v) is 1.69. The molecule has 3 heteroatoms. The predicted molar refractivity (Wildman–Crippen MR) is 56.6 cm³/mol. The van der Waals surface area contributed by atoms with Gasteiger partial charge in [0.1, 0.15) is 5.82 Å². The Balaban J connectivity index is 3.02. The first-order valence-corrected chi connectivity index (χ1v) is 4.53. The molecule has 1 nitrogen and oxygen atoms in total. The molecule has 14 heavy (non-hydrogen) atoms. The first-order valence-electron chi connectivity index (χ1n) is 4.15. The monoisotopic (exact) mass is 211 g/mol. The third-order valence-electron chi connectivity index (χ3n) is 1.45. The molecule has 1 rings (SSSR count). The summed E-state index contributed by atoms with van der Waals surface area (Å²) in [4.78, 5) is 0. The van der Waals surface area contributed by atoms with Gasteiger partial charge in [0.15, 0.2) is 0 Å². The highest BCUT2D eigenvalue weighted by molar-refractivity contribution is 6.30. The van der Waals surface area contributed by atoms with Crippen LogP contribution in [0.15, 0.2) is 18.2 Å². The molecule has 0 aromatic heterocycles. The van der Waals surface area contributed by atoms with E-state index in [4.69, 9.17) is 17.3 Å². The summed E-state index contributed by atoms with van der Waals surface area (Å²) in [6, 6.07) is 4.36. The largest absolute Gasteiger partial charge is 0.316 e. The molecule has 0 bridgehead atoms. The van der Waals surface area contributed by atoms with Crippen LogP contribution < -0.4 is 5.73 Å². The van der Waals surface area contributed by atoms with Crippen molar-refractivity contribution >= 4 is 11.6 Å². The van der Waals surface area contributed by atoms with Crippen molar-refractivity contribution in [2.24, 2.45) is 5.73 Å². The van der Waals surface area contributed by atoms with Crippen LogP contribution in [0.4, 0.5) is 4.39 Å². The second-order valence-electron chi connectivity index (χ2n) is 3.60. The van der Waals surface area contributed by atoms with Crippen molar-refractivity contribution in [3.05, 3.63) is 34.6 Å². The summed E-state index contributed by atoms with van der Waals surface area (Å²) in [5.74, 6) is 4.99. The number of hydrogen-bond acceptors (Lipinski definition) is 1. The van der Waals surface area contributed by atoms with E-state index in [2.05, 4.69) is 11.8 Å². The minimum atomic E-state index is -0.619. The maximum atomic E-state index is 13.2. The van der Waals surface area contributed by atoms with Gasteiger partial charge in [-0.1, -0.05) is 23.4 Å². The summed E-state index contributed by atoms with van der Waals surface area (Å²) >= 11 is 5.59. The Morgan fingerprint density at radius 3 is 2.57 bits per heavy atom. The van der Waals surface area contributed by atoms with Crippen LogP contribution in [0, 0.1) is 17.7 Å². The molecule has 1 aromatic carbocycles. The van der Waals surface area contributed by atoms with Crippen molar-refractivity contribution in [3.8, 4) is 11.8 Å². The van der Waals surface area contributed by atoms with Crippen LogP contribution in [-0.2, 0) is 0 Å². The lowest BCUT2D eigenvalue weighted by molar-refractivity contribution is 0.624. The highest BCUT2D eigenvalue weighted by Crippen LogP contribution is 2.13. The Bertz CT molecular complexity index is 396. The van der Waals surface area contributed by atoms with Crippen LogP contribution in [0.3, 0.4) is 0 Å². The van der Waals surface area contributed by atoms with E-state index in [1.165, 1.54) is 12.1 Å². The van der Waals surface area contributed by atoms with E-state index < -0.39 is 11.4 Å². The Morgan fingerprint density at radius 2 is 2.07 bits per heavy atom. The molecule has 0 fully saturated rings. The number of hydrogen-bond donors (Lipinski definition) is 1. The standard InChI is InChI=1S/C11H11ClFN/c1-11(2,14)6-5-8-3-4-9(12)7-10(8)13/h3-4,7H,14H2,1-2H3. The number of nitrogens with two attached hydrogens (primary N) is 1. The lowest BCUT2D eigenvalue weighted by atomic mass is 10.1. The summed E-state index contributed by atoms with van der Waals surface area (Å²) in [5.41, 5.74) is 5.34. The third kappa shape index (κ3) is 3.37.